The monoisotopic (exact) mass is 479 g/mol. The van der Waals surface area contributed by atoms with Crippen LogP contribution in [0.15, 0.2) is 48.5 Å². The van der Waals surface area contributed by atoms with Gasteiger partial charge < -0.3 is 14.8 Å². The third-order valence-corrected chi connectivity index (χ3v) is 4.87. The van der Waals surface area contributed by atoms with Gasteiger partial charge in [-0.3, -0.25) is 29.6 Å². The number of carbonyl (C=O) groups is 4. The highest BCUT2D eigenvalue weighted by molar-refractivity contribution is 5.98. The van der Waals surface area contributed by atoms with E-state index in [-0.39, 0.29) is 24.2 Å². The summed E-state index contributed by atoms with van der Waals surface area (Å²) in [6.07, 6.45) is -4.82. The van der Waals surface area contributed by atoms with Crippen LogP contribution in [0.1, 0.15) is 22.3 Å². The molecule has 2 N–H and O–H groups in total. The molecule has 1 aliphatic rings. The standard InChI is InChI=1S/C22H20F3N3O6/c1-33-17-8-3-2-7-16(17)20(31)27-28-11-13(9-19(28)30)21(32)34-12-18(29)26-15-6-4-5-14(10-15)22(23,24)25/h2-8,10,13H,9,11-12H2,1H3,(H,26,29)(H,27,31)/t13-/m1/s1. The van der Waals surface area contributed by atoms with Gasteiger partial charge in [-0.2, -0.15) is 13.2 Å². The SMILES string of the molecule is COc1ccccc1C(=O)NN1C[C@H](C(=O)OCC(=O)Nc2cccc(C(F)(F)F)c2)CC1=O. The van der Waals surface area contributed by atoms with Crippen LogP contribution in [-0.4, -0.2) is 49.0 Å². The Morgan fingerprint density at radius 3 is 2.56 bits per heavy atom. The molecule has 1 saturated heterocycles. The Kier molecular flexibility index (Phi) is 7.39. The minimum atomic E-state index is -4.57. The molecule has 2 aromatic rings. The Labute approximate surface area is 191 Å². The van der Waals surface area contributed by atoms with Crippen LogP contribution in [0.3, 0.4) is 0 Å². The van der Waals surface area contributed by atoms with Gasteiger partial charge >= 0.3 is 12.1 Å². The molecule has 1 aliphatic heterocycles. The zero-order valence-corrected chi connectivity index (χ0v) is 17.8. The number of rotatable bonds is 7. The summed E-state index contributed by atoms with van der Waals surface area (Å²) in [4.78, 5) is 48.9. The van der Waals surface area contributed by atoms with Gasteiger partial charge in [-0.25, -0.2) is 0 Å². The van der Waals surface area contributed by atoms with E-state index < -0.39 is 48.0 Å². The second kappa shape index (κ2) is 10.2. The van der Waals surface area contributed by atoms with Crippen molar-refractivity contribution >= 4 is 29.4 Å². The van der Waals surface area contributed by atoms with Crippen molar-refractivity contribution in [3.8, 4) is 5.75 Å². The summed E-state index contributed by atoms with van der Waals surface area (Å²) in [5, 5.41) is 3.19. The van der Waals surface area contributed by atoms with Gasteiger partial charge in [0.25, 0.3) is 11.8 Å². The summed E-state index contributed by atoms with van der Waals surface area (Å²) in [5.74, 6) is -3.49. The van der Waals surface area contributed by atoms with E-state index in [9.17, 15) is 32.3 Å². The predicted molar refractivity (Wildman–Crippen MR) is 111 cm³/mol. The van der Waals surface area contributed by atoms with Gasteiger partial charge in [-0.05, 0) is 30.3 Å². The molecule has 0 saturated carbocycles. The number of para-hydroxylation sites is 1. The fourth-order valence-corrected chi connectivity index (χ4v) is 3.21. The zero-order valence-electron chi connectivity index (χ0n) is 17.8. The highest BCUT2D eigenvalue weighted by atomic mass is 19.4. The van der Waals surface area contributed by atoms with Crippen LogP contribution < -0.4 is 15.5 Å². The number of esters is 1. The van der Waals surface area contributed by atoms with Crippen LogP contribution in [0.2, 0.25) is 0 Å². The Bertz CT molecular complexity index is 1110. The third-order valence-electron chi connectivity index (χ3n) is 4.87. The molecule has 3 rings (SSSR count). The van der Waals surface area contributed by atoms with Crippen LogP contribution in [-0.2, 0) is 25.3 Å². The molecular weight excluding hydrogens is 459 g/mol. The topological polar surface area (TPSA) is 114 Å². The fraction of sp³-hybridized carbons (Fsp3) is 0.273. The molecule has 34 heavy (non-hydrogen) atoms. The number of nitrogens with zero attached hydrogens (tertiary/aromatic N) is 1. The molecule has 0 bridgehead atoms. The van der Waals surface area contributed by atoms with Crippen molar-refractivity contribution in [3.63, 3.8) is 0 Å². The first-order chi connectivity index (χ1) is 16.1. The Morgan fingerprint density at radius 1 is 1.12 bits per heavy atom. The van der Waals surface area contributed by atoms with E-state index >= 15 is 0 Å². The summed E-state index contributed by atoms with van der Waals surface area (Å²) in [7, 11) is 1.39. The van der Waals surface area contributed by atoms with E-state index in [0.717, 1.165) is 23.2 Å². The average molecular weight is 479 g/mol. The first-order valence-electron chi connectivity index (χ1n) is 9.96. The van der Waals surface area contributed by atoms with Crippen LogP contribution in [0, 0.1) is 5.92 Å². The number of hydrogen-bond acceptors (Lipinski definition) is 6. The smallest absolute Gasteiger partial charge is 0.416 e. The molecule has 9 nitrogen and oxygen atoms in total. The second-order valence-corrected chi connectivity index (χ2v) is 7.28. The van der Waals surface area contributed by atoms with Crippen LogP contribution in [0.5, 0.6) is 5.75 Å². The fourth-order valence-electron chi connectivity index (χ4n) is 3.21. The zero-order chi connectivity index (χ0) is 24.9. The number of anilines is 1. The number of nitrogens with one attached hydrogen (secondary N) is 2. The van der Waals surface area contributed by atoms with Crippen LogP contribution in [0.25, 0.3) is 0 Å². The third kappa shape index (κ3) is 6.03. The van der Waals surface area contributed by atoms with Crippen molar-refractivity contribution in [2.75, 3.05) is 25.6 Å². The molecule has 12 heteroatoms. The van der Waals surface area contributed by atoms with Gasteiger partial charge in [0, 0.05) is 12.1 Å². The van der Waals surface area contributed by atoms with Gasteiger partial charge in [0.1, 0.15) is 5.75 Å². The number of amides is 3. The van der Waals surface area contributed by atoms with Gasteiger partial charge in [-0.1, -0.05) is 18.2 Å². The second-order valence-electron chi connectivity index (χ2n) is 7.28. The van der Waals surface area contributed by atoms with Crippen molar-refractivity contribution in [2.24, 2.45) is 5.92 Å². The summed E-state index contributed by atoms with van der Waals surface area (Å²) < 4.78 is 48.3. The van der Waals surface area contributed by atoms with Gasteiger partial charge in [0.05, 0.1) is 30.7 Å². The molecule has 0 radical (unpaired) electrons. The maximum atomic E-state index is 12.8. The molecule has 1 heterocycles. The number of hydrogen-bond donors (Lipinski definition) is 2. The van der Waals surface area contributed by atoms with Gasteiger partial charge in [0.15, 0.2) is 6.61 Å². The molecule has 0 spiro atoms. The minimum Gasteiger partial charge on any atom is -0.496 e. The molecular formula is C22H20F3N3O6. The van der Waals surface area contributed by atoms with Gasteiger partial charge in [0.2, 0.25) is 5.91 Å². The molecule has 0 aliphatic carbocycles. The Balaban J connectivity index is 1.51. The summed E-state index contributed by atoms with van der Waals surface area (Å²) in [6, 6.07) is 10.4. The number of hydrazine groups is 1. The Hall–Kier alpha value is -4.09. The molecule has 2 aromatic carbocycles. The van der Waals surface area contributed by atoms with Crippen molar-refractivity contribution in [1.29, 1.82) is 0 Å². The van der Waals surface area contributed by atoms with E-state index in [4.69, 9.17) is 9.47 Å². The van der Waals surface area contributed by atoms with Gasteiger partial charge in [-0.15, -0.1) is 0 Å². The minimum absolute atomic E-state index is 0.114. The lowest BCUT2D eigenvalue weighted by Crippen LogP contribution is -2.43. The number of alkyl halides is 3. The number of ether oxygens (including phenoxy) is 2. The molecule has 1 fully saturated rings. The maximum absolute atomic E-state index is 12.8. The largest absolute Gasteiger partial charge is 0.496 e. The van der Waals surface area contributed by atoms with E-state index in [1.165, 1.54) is 19.2 Å². The number of halogens is 3. The molecule has 1 atom stereocenters. The van der Waals surface area contributed by atoms with Crippen molar-refractivity contribution in [1.82, 2.24) is 10.4 Å². The highest BCUT2D eigenvalue weighted by Crippen LogP contribution is 2.30. The first kappa shape index (κ1) is 24.6. The Morgan fingerprint density at radius 2 is 1.85 bits per heavy atom. The average Bonchev–Trinajstić information content (AvgIpc) is 3.17. The highest BCUT2D eigenvalue weighted by Gasteiger charge is 2.37. The molecule has 0 aromatic heterocycles. The molecule has 0 unspecified atom stereocenters. The number of benzene rings is 2. The van der Waals surface area contributed by atoms with Crippen molar-refractivity contribution in [3.05, 3.63) is 59.7 Å². The molecule has 180 valence electrons. The number of carbonyl (C=O) groups excluding carboxylic acids is 4. The van der Waals surface area contributed by atoms with Crippen molar-refractivity contribution in [2.45, 2.75) is 12.6 Å². The van der Waals surface area contributed by atoms with E-state index in [1.54, 1.807) is 18.2 Å². The maximum Gasteiger partial charge on any atom is 0.416 e. The summed E-state index contributed by atoms with van der Waals surface area (Å²) >= 11 is 0. The van der Waals surface area contributed by atoms with Crippen LogP contribution in [0.4, 0.5) is 18.9 Å². The summed E-state index contributed by atoms with van der Waals surface area (Å²) in [5.41, 5.74) is 1.54. The normalized spacial score (nSPS) is 15.6. The van der Waals surface area contributed by atoms with Crippen molar-refractivity contribution < 1.29 is 41.8 Å². The lowest BCUT2D eigenvalue weighted by molar-refractivity contribution is -0.151. The quantitative estimate of drug-likeness (QED) is 0.590. The lowest BCUT2D eigenvalue weighted by atomic mass is 10.1. The lowest BCUT2D eigenvalue weighted by Gasteiger charge is -2.18. The van der Waals surface area contributed by atoms with E-state index in [1.807, 2.05) is 0 Å². The van der Waals surface area contributed by atoms with Crippen LogP contribution >= 0.6 is 0 Å². The first-order valence-corrected chi connectivity index (χ1v) is 9.96. The van der Waals surface area contributed by atoms with E-state index in [2.05, 4.69) is 10.7 Å². The summed E-state index contributed by atoms with van der Waals surface area (Å²) in [6.45, 7) is -0.929. The van der Waals surface area contributed by atoms with E-state index in [0.29, 0.717) is 5.75 Å². The molecule has 3 amide bonds. The predicted octanol–water partition coefficient (Wildman–Crippen LogP) is 2.39. The number of methoxy groups -OCH3 is 1.